The minimum atomic E-state index is -0.0398. The van der Waals surface area contributed by atoms with Crippen molar-refractivity contribution >= 4 is 5.91 Å². The van der Waals surface area contributed by atoms with Crippen LogP contribution in [0.25, 0.3) is 0 Å². The van der Waals surface area contributed by atoms with Gasteiger partial charge < -0.3 is 9.88 Å². The summed E-state index contributed by atoms with van der Waals surface area (Å²) in [4.78, 5) is 17.3. The Hall–Kier alpha value is -1.33. The monoisotopic (exact) mass is 235 g/mol. The van der Waals surface area contributed by atoms with Gasteiger partial charge in [-0.15, -0.1) is 0 Å². The molecule has 2 heterocycles. The molecule has 17 heavy (non-hydrogen) atoms. The van der Waals surface area contributed by atoms with Crippen molar-refractivity contribution < 1.29 is 4.79 Å². The number of nitrogens with zero attached hydrogens (tertiary/aromatic N) is 2. The van der Waals surface area contributed by atoms with Gasteiger partial charge in [0.05, 0.1) is 11.8 Å². The molecule has 0 aromatic carbocycles. The van der Waals surface area contributed by atoms with E-state index in [1.807, 2.05) is 18.9 Å². The normalized spacial score (nSPS) is 18.3. The van der Waals surface area contributed by atoms with E-state index in [0.29, 0.717) is 5.56 Å². The van der Waals surface area contributed by atoms with Gasteiger partial charge in [-0.3, -0.25) is 10.2 Å². The number of likely N-dealkylation sites (N-methyl/N-ethyl adjacent to an activating group) is 1. The van der Waals surface area contributed by atoms with Crippen molar-refractivity contribution in [2.75, 3.05) is 33.2 Å². The molecule has 1 aliphatic rings. The summed E-state index contributed by atoms with van der Waals surface area (Å²) in [6.07, 6.45) is 2.95. The molecule has 2 N–H and O–H groups in total. The van der Waals surface area contributed by atoms with Crippen molar-refractivity contribution in [2.45, 2.75) is 13.8 Å². The van der Waals surface area contributed by atoms with E-state index in [1.165, 1.54) is 0 Å². The largest absolute Gasteiger partial charge is 0.357 e. The minimum absolute atomic E-state index is 0.0398. The zero-order valence-electron chi connectivity index (χ0n) is 10.6. The van der Waals surface area contributed by atoms with Crippen LogP contribution in [-0.2, 0) is 0 Å². The first-order valence-electron chi connectivity index (χ1n) is 5.89. The lowest BCUT2D eigenvalue weighted by Crippen LogP contribution is -2.52. The molecule has 1 radical (unpaired) electrons. The molecule has 93 valence electrons. The number of hydrogen-bond acceptors (Lipinski definition) is 3. The molecule has 1 fully saturated rings. The molecule has 0 unspecified atom stereocenters. The highest BCUT2D eigenvalue weighted by Gasteiger charge is 2.19. The van der Waals surface area contributed by atoms with Crippen molar-refractivity contribution in [3.8, 4) is 0 Å². The summed E-state index contributed by atoms with van der Waals surface area (Å²) in [5, 5.41) is 1.98. The first kappa shape index (κ1) is 12.1. The van der Waals surface area contributed by atoms with Crippen molar-refractivity contribution in [3.63, 3.8) is 0 Å². The third-order valence-corrected chi connectivity index (χ3v) is 3.18. The summed E-state index contributed by atoms with van der Waals surface area (Å²) in [6.45, 7) is 7.49. The van der Waals surface area contributed by atoms with Crippen LogP contribution >= 0.6 is 0 Å². The fourth-order valence-corrected chi connectivity index (χ4v) is 2.05. The molecule has 0 atom stereocenters. The SMILES string of the molecule is Cc1[c][nH]c(C)c1C(=O)NN1CCN(C)CC1. The summed E-state index contributed by atoms with van der Waals surface area (Å²) in [7, 11) is 2.09. The fraction of sp³-hybridized carbons (Fsp3) is 0.583. The number of carbonyl (C=O) groups excluding carboxylic acids is 1. The molecule has 1 aromatic heterocycles. The molecule has 2 rings (SSSR count). The highest BCUT2D eigenvalue weighted by molar-refractivity contribution is 5.96. The lowest BCUT2D eigenvalue weighted by Gasteiger charge is -2.32. The molecular formula is C12H19N4O. The van der Waals surface area contributed by atoms with E-state index >= 15 is 0 Å². The topological polar surface area (TPSA) is 51.4 Å². The van der Waals surface area contributed by atoms with Crippen LogP contribution in [0.2, 0.25) is 0 Å². The number of hydrogen-bond donors (Lipinski definition) is 2. The Bertz CT molecular complexity index is 385. The van der Waals surface area contributed by atoms with E-state index < -0.39 is 0 Å². The van der Waals surface area contributed by atoms with Crippen molar-refractivity contribution in [1.29, 1.82) is 0 Å². The zero-order valence-corrected chi connectivity index (χ0v) is 10.6. The second-order valence-corrected chi connectivity index (χ2v) is 4.61. The smallest absolute Gasteiger partial charge is 0.267 e. The molecule has 5 heteroatoms. The highest BCUT2D eigenvalue weighted by atomic mass is 16.2. The maximum atomic E-state index is 12.1. The van der Waals surface area contributed by atoms with Gasteiger partial charge in [0.2, 0.25) is 0 Å². The van der Waals surface area contributed by atoms with Crippen LogP contribution < -0.4 is 5.43 Å². The van der Waals surface area contributed by atoms with Gasteiger partial charge in [0.15, 0.2) is 0 Å². The van der Waals surface area contributed by atoms with E-state index in [0.717, 1.165) is 37.4 Å². The van der Waals surface area contributed by atoms with Gasteiger partial charge in [-0.1, -0.05) is 0 Å². The molecule has 1 aliphatic heterocycles. The first-order chi connectivity index (χ1) is 8.08. The minimum Gasteiger partial charge on any atom is -0.357 e. The van der Waals surface area contributed by atoms with E-state index in [9.17, 15) is 4.79 Å². The number of aromatic nitrogens is 1. The quantitative estimate of drug-likeness (QED) is 0.776. The number of amides is 1. The lowest BCUT2D eigenvalue weighted by molar-refractivity contribution is 0.0661. The van der Waals surface area contributed by atoms with E-state index in [4.69, 9.17) is 0 Å². The molecule has 5 nitrogen and oxygen atoms in total. The van der Waals surface area contributed by atoms with E-state index in [1.54, 1.807) is 0 Å². The zero-order chi connectivity index (χ0) is 12.4. The standard InChI is InChI=1S/C12H19N4O/c1-9-8-13-10(2)11(9)12(17)14-16-6-4-15(3)5-7-16/h13H,4-7H2,1-3H3,(H,14,17). The van der Waals surface area contributed by atoms with Gasteiger partial charge in [0, 0.05) is 31.9 Å². The van der Waals surface area contributed by atoms with Crippen LogP contribution in [0.4, 0.5) is 0 Å². The fourth-order valence-electron chi connectivity index (χ4n) is 2.05. The maximum Gasteiger partial charge on any atom is 0.267 e. The van der Waals surface area contributed by atoms with Crippen LogP contribution in [-0.4, -0.2) is 54.0 Å². The van der Waals surface area contributed by atoms with Gasteiger partial charge in [0.25, 0.3) is 5.91 Å². The number of rotatable bonds is 2. The molecule has 0 saturated carbocycles. The Morgan fingerprint density at radius 1 is 1.29 bits per heavy atom. The van der Waals surface area contributed by atoms with Crippen LogP contribution in [0.5, 0.6) is 0 Å². The van der Waals surface area contributed by atoms with Gasteiger partial charge in [0.1, 0.15) is 0 Å². The number of nitrogens with one attached hydrogen (secondary N) is 2. The van der Waals surface area contributed by atoms with Crippen LogP contribution in [0.1, 0.15) is 21.6 Å². The second-order valence-electron chi connectivity index (χ2n) is 4.61. The number of H-pyrrole nitrogens is 1. The third-order valence-electron chi connectivity index (χ3n) is 3.18. The van der Waals surface area contributed by atoms with Gasteiger partial charge >= 0.3 is 0 Å². The van der Waals surface area contributed by atoms with Crippen molar-refractivity contribution in [3.05, 3.63) is 23.0 Å². The summed E-state index contributed by atoms with van der Waals surface area (Å²) in [5.74, 6) is -0.0398. The third kappa shape index (κ3) is 2.68. The second kappa shape index (κ2) is 4.89. The molecule has 0 spiro atoms. The Labute approximate surface area is 102 Å². The number of aryl methyl sites for hydroxylation is 2. The van der Waals surface area contributed by atoms with Gasteiger partial charge in [-0.2, -0.15) is 0 Å². The predicted octanol–water partition coefficient (Wildman–Crippen LogP) is 0.324. The van der Waals surface area contributed by atoms with Crippen LogP contribution in [0.15, 0.2) is 0 Å². The Kier molecular flexibility index (Phi) is 3.49. The molecule has 0 bridgehead atoms. The molecular weight excluding hydrogens is 216 g/mol. The number of carbonyl (C=O) groups is 1. The molecule has 1 aromatic rings. The molecule has 1 amide bonds. The number of hydrazine groups is 1. The van der Waals surface area contributed by atoms with Crippen LogP contribution in [0, 0.1) is 20.0 Å². The van der Waals surface area contributed by atoms with E-state index in [-0.39, 0.29) is 5.91 Å². The Balaban J connectivity index is 1.98. The van der Waals surface area contributed by atoms with Crippen molar-refractivity contribution in [2.24, 2.45) is 0 Å². The molecule has 0 aliphatic carbocycles. The summed E-state index contributed by atoms with van der Waals surface area (Å²) >= 11 is 0. The number of aromatic amines is 1. The van der Waals surface area contributed by atoms with Gasteiger partial charge in [-0.25, -0.2) is 5.01 Å². The maximum absolute atomic E-state index is 12.1. The Morgan fingerprint density at radius 2 is 1.94 bits per heavy atom. The predicted molar refractivity (Wildman–Crippen MR) is 65.6 cm³/mol. The first-order valence-corrected chi connectivity index (χ1v) is 5.89. The molecule has 1 saturated heterocycles. The van der Waals surface area contributed by atoms with Crippen molar-refractivity contribution in [1.82, 2.24) is 20.3 Å². The summed E-state index contributed by atoms with van der Waals surface area (Å²) < 4.78 is 0. The summed E-state index contributed by atoms with van der Waals surface area (Å²) in [6, 6.07) is 0. The average molecular weight is 235 g/mol. The lowest BCUT2D eigenvalue weighted by atomic mass is 10.1. The van der Waals surface area contributed by atoms with E-state index in [2.05, 4.69) is 28.6 Å². The summed E-state index contributed by atoms with van der Waals surface area (Å²) in [5.41, 5.74) is 5.40. The van der Waals surface area contributed by atoms with Crippen LogP contribution in [0.3, 0.4) is 0 Å². The van der Waals surface area contributed by atoms with Gasteiger partial charge in [-0.05, 0) is 26.5 Å². The average Bonchev–Trinajstić information content (AvgIpc) is 2.62. The highest BCUT2D eigenvalue weighted by Crippen LogP contribution is 2.11. The number of piperazine rings is 1. The Morgan fingerprint density at radius 3 is 2.47 bits per heavy atom.